The minimum atomic E-state index is -4.32. The van der Waals surface area contributed by atoms with Crippen LogP contribution in [0.5, 0.6) is 0 Å². The van der Waals surface area contributed by atoms with Crippen molar-refractivity contribution < 1.29 is 13.2 Å². The van der Waals surface area contributed by atoms with E-state index in [4.69, 9.17) is 11.6 Å². The van der Waals surface area contributed by atoms with Gasteiger partial charge in [0.05, 0.1) is 11.3 Å². The van der Waals surface area contributed by atoms with Crippen LogP contribution in [0.15, 0.2) is 36.4 Å². The number of halogens is 4. The molecule has 94 valence electrons. The van der Waals surface area contributed by atoms with Crippen LogP contribution in [0.2, 0.25) is 5.02 Å². The molecule has 0 amide bonds. The number of aryl methyl sites for hydroxylation is 1. The van der Waals surface area contributed by atoms with Crippen molar-refractivity contribution in [3.8, 4) is 11.3 Å². The van der Waals surface area contributed by atoms with E-state index in [2.05, 4.69) is 4.98 Å². The summed E-state index contributed by atoms with van der Waals surface area (Å²) in [6.45, 7) is 1.78. The average Bonchev–Trinajstić information content (AvgIpc) is 2.27. The fourth-order valence-corrected chi connectivity index (χ4v) is 1.87. The van der Waals surface area contributed by atoms with Crippen LogP contribution in [0.25, 0.3) is 11.3 Å². The van der Waals surface area contributed by atoms with Gasteiger partial charge >= 0.3 is 6.18 Å². The molecule has 0 saturated heterocycles. The van der Waals surface area contributed by atoms with E-state index in [0.29, 0.717) is 16.3 Å². The predicted molar refractivity (Wildman–Crippen MR) is 64.4 cm³/mol. The topological polar surface area (TPSA) is 12.9 Å². The standard InChI is InChI=1S/C13H9ClF3N/c1-8-6-11(14)7-12(18-8)9-2-4-10(5-3-9)13(15,16)17/h2-7H,1H3. The first-order chi connectivity index (χ1) is 8.36. The fourth-order valence-electron chi connectivity index (χ4n) is 1.60. The molecule has 2 rings (SSSR count). The molecule has 0 spiro atoms. The van der Waals surface area contributed by atoms with Gasteiger partial charge in [0, 0.05) is 16.3 Å². The third-order valence-electron chi connectivity index (χ3n) is 2.43. The number of hydrogen-bond acceptors (Lipinski definition) is 1. The molecular formula is C13H9ClF3N. The van der Waals surface area contributed by atoms with Gasteiger partial charge in [-0.25, -0.2) is 0 Å². The highest BCUT2D eigenvalue weighted by molar-refractivity contribution is 6.30. The number of nitrogens with zero attached hydrogens (tertiary/aromatic N) is 1. The molecule has 0 fully saturated rings. The van der Waals surface area contributed by atoms with Gasteiger partial charge in [0.25, 0.3) is 0 Å². The molecule has 1 heterocycles. The van der Waals surface area contributed by atoms with Gasteiger partial charge in [-0.3, -0.25) is 4.98 Å². The quantitative estimate of drug-likeness (QED) is 0.731. The van der Waals surface area contributed by atoms with E-state index in [1.165, 1.54) is 12.1 Å². The lowest BCUT2D eigenvalue weighted by molar-refractivity contribution is -0.137. The van der Waals surface area contributed by atoms with Gasteiger partial charge in [0.1, 0.15) is 0 Å². The zero-order valence-electron chi connectivity index (χ0n) is 9.42. The van der Waals surface area contributed by atoms with Crippen molar-refractivity contribution in [2.75, 3.05) is 0 Å². The number of pyridine rings is 1. The highest BCUT2D eigenvalue weighted by Crippen LogP contribution is 2.31. The maximum Gasteiger partial charge on any atom is 0.416 e. The van der Waals surface area contributed by atoms with Crippen LogP contribution in [0.1, 0.15) is 11.3 Å². The first kappa shape index (κ1) is 12.9. The molecule has 0 radical (unpaired) electrons. The Bertz CT molecular complexity index is 541. The van der Waals surface area contributed by atoms with Gasteiger partial charge in [-0.15, -0.1) is 0 Å². The largest absolute Gasteiger partial charge is 0.416 e. The van der Waals surface area contributed by atoms with Crippen molar-refractivity contribution in [2.45, 2.75) is 13.1 Å². The summed E-state index contributed by atoms with van der Waals surface area (Å²) in [6.07, 6.45) is -4.32. The van der Waals surface area contributed by atoms with E-state index in [0.717, 1.165) is 17.8 Å². The monoisotopic (exact) mass is 271 g/mol. The number of rotatable bonds is 1. The number of alkyl halides is 3. The van der Waals surface area contributed by atoms with Crippen LogP contribution < -0.4 is 0 Å². The third-order valence-corrected chi connectivity index (χ3v) is 2.64. The van der Waals surface area contributed by atoms with E-state index in [-0.39, 0.29) is 0 Å². The molecule has 0 aliphatic carbocycles. The molecule has 0 atom stereocenters. The van der Waals surface area contributed by atoms with Gasteiger partial charge in [-0.2, -0.15) is 13.2 Å². The molecule has 0 aliphatic rings. The van der Waals surface area contributed by atoms with Crippen LogP contribution in [0.3, 0.4) is 0 Å². The zero-order valence-corrected chi connectivity index (χ0v) is 10.2. The zero-order chi connectivity index (χ0) is 13.3. The molecule has 0 bridgehead atoms. The van der Waals surface area contributed by atoms with E-state index >= 15 is 0 Å². The molecule has 2 aromatic rings. The van der Waals surface area contributed by atoms with E-state index < -0.39 is 11.7 Å². The highest BCUT2D eigenvalue weighted by Gasteiger charge is 2.29. The number of benzene rings is 1. The summed E-state index contributed by atoms with van der Waals surface area (Å²) in [5.41, 5.74) is 1.21. The van der Waals surface area contributed by atoms with E-state index in [1.807, 2.05) is 0 Å². The lowest BCUT2D eigenvalue weighted by Crippen LogP contribution is -2.04. The maximum atomic E-state index is 12.4. The van der Waals surface area contributed by atoms with Crippen LogP contribution in [0, 0.1) is 6.92 Å². The Morgan fingerprint density at radius 1 is 1.06 bits per heavy atom. The van der Waals surface area contributed by atoms with Crippen LogP contribution in [-0.2, 0) is 6.18 Å². The fraction of sp³-hybridized carbons (Fsp3) is 0.154. The first-order valence-corrected chi connectivity index (χ1v) is 5.56. The second-order valence-corrected chi connectivity index (χ2v) is 4.32. The van der Waals surface area contributed by atoms with E-state index in [9.17, 15) is 13.2 Å². The van der Waals surface area contributed by atoms with Gasteiger partial charge in [-0.05, 0) is 31.2 Å². The Balaban J connectivity index is 2.40. The van der Waals surface area contributed by atoms with Crippen molar-refractivity contribution >= 4 is 11.6 Å². The highest BCUT2D eigenvalue weighted by atomic mass is 35.5. The van der Waals surface area contributed by atoms with Crippen LogP contribution in [-0.4, -0.2) is 4.98 Å². The van der Waals surface area contributed by atoms with Gasteiger partial charge < -0.3 is 0 Å². The summed E-state index contributed by atoms with van der Waals surface area (Å²) in [5, 5.41) is 0.511. The summed E-state index contributed by atoms with van der Waals surface area (Å²) in [4.78, 5) is 4.23. The molecule has 5 heteroatoms. The van der Waals surface area contributed by atoms with E-state index in [1.54, 1.807) is 19.1 Å². The molecule has 0 N–H and O–H groups in total. The maximum absolute atomic E-state index is 12.4. The Labute approximate surface area is 107 Å². The Morgan fingerprint density at radius 2 is 1.67 bits per heavy atom. The molecule has 1 nitrogen and oxygen atoms in total. The SMILES string of the molecule is Cc1cc(Cl)cc(-c2ccc(C(F)(F)F)cc2)n1. The molecular weight excluding hydrogens is 263 g/mol. The van der Waals surface area contributed by atoms with Gasteiger partial charge in [-0.1, -0.05) is 23.7 Å². The normalized spacial score (nSPS) is 11.6. The average molecular weight is 272 g/mol. The summed E-state index contributed by atoms with van der Waals surface area (Å²) in [5.74, 6) is 0. The predicted octanol–water partition coefficient (Wildman–Crippen LogP) is 4.73. The minimum Gasteiger partial charge on any atom is -0.253 e. The number of hydrogen-bond donors (Lipinski definition) is 0. The summed E-state index contributed by atoms with van der Waals surface area (Å²) < 4.78 is 37.2. The van der Waals surface area contributed by atoms with Crippen LogP contribution >= 0.6 is 11.6 Å². The van der Waals surface area contributed by atoms with Crippen molar-refractivity contribution in [3.05, 3.63) is 52.7 Å². The van der Waals surface area contributed by atoms with Gasteiger partial charge in [0.2, 0.25) is 0 Å². The van der Waals surface area contributed by atoms with Crippen LogP contribution in [0.4, 0.5) is 13.2 Å². The molecule has 1 aromatic carbocycles. The lowest BCUT2D eigenvalue weighted by atomic mass is 10.1. The molecule has 0 unspecified atom stereocenters. The first-order valence-electron chi connectivity index (χ1n) is 5.18. The molecule has 0 saturated carbocycles. The molecule has 0 aliphatic heterocycles. The molecule has 18 heavy (non-hydrogen) atoms. The third kappa shape index (κ3) is 2.82. The van der Waals surface area contributed by atoms with Crippen molar-refractivity contribution in [1.82, 2.24) is 4.98 Å². The van der Waals surface area contributed by atoms with Crippen molar-refractivity contribution in [2.24, 2.45) is 0 Å². The summed E-state index contributed by atoms with van der Waals surface area (Å²) in [7, 11) is 0. The minimum absolute atomic E-state index is 0.511. The second kappa shape index (κ2) is 4.61. The molecule has 1 aromatic heterocycles. The van der Waals surface area contributed by atoms with Crippen molar-refractivity contribution in [1.29, 1.82) is 0 Å². The Kier molecular flexibility index (Phi) is 3.30. The Morgan fingerprint density at radius 3 is 2.17 bits per heavy atom. The summed E-state index contributed by atoms with van der Waals surface area (Å²) >= 11 is 5.88. The summed E-state index contributed by atoms with van der Waals surface area (Å²) in [6, 6.07) is 8.16. The smallest absolute Gasteiger partial charge is 0.253 e. The second-order valence-electron chi connectivity index (χ2n) is 3.89. The number of aromatic nitrogens is 1. The van der Waals surface area contributed by atoms with Crippen molar-refractivity contribution in [3.63, 3.8) is 0 Å². The Hall–Kier alpha value is -1.55. The van der Waals surface area contributed by atoms with Gasteiger partial charge in [0.15, 0.2) is 0 Å². The lowest BCUT2D eigenvalue weighted by Gasteiger charge is -2.08.